The van der Waals surface area contributed by atoms with Crippen LogP contribution in [0.25, 0.3) is 0 Å². The zero-order valence-electron chi connectivity index (χ0n) is 14.9. The van der Waals surface area contributed by atoms with Crippen LogP contribution in [0.1, 0.15) is 17.0 Å². The van der Waals surface area contributed by atoms with Crippen molar-refractivity contribution < 1.29 is 23.6 Å². The molecule has 2 aromatic rings. The summed E-state index contributed by atoms with van der Waals surface area (Å²) in [7, 11) is 0. The fraction of sp³-hybridized carbons (Fsp3) is 0.353. The van der Waals surface area contributed by atoms with Gasteiger partial charge in [-0.15, -0.1) is 0 Å². The highest BCUT2D eigenvalue weighted by Crippen LogP contribution is 2.21. The van der Waals surface area contributed by atoms with Gasteiger partial charge < -0.3 is 10.1 Å². The number of carbonyl (C=O) groups is 2. The molecule has 0 radical (unpaired) electrons. The van der Waals surface area contributed by atoms with Crippen molar-refractivity contribution in [3.05, 3.63) is 57.1 Å². The largest absolute Gasteiger partial charge is 0.454 e. The van der Waals surface area contributed by atoms with Crippen LogP contribution in [0.3, 0.4) is 0 Å². The summed E-state index contributed by atoms with van der Waals surface area (Å²) >= 11 is 0. The van der Waals surface area contributed by atoms with E-state index in [4.69, 9.17) is 4.74 Å². The van der Waals surface area contributed by atoms with Gasteiger partial charge in [-0.2, -0.15) is 5.10 Å². The third-order valence-electron chi connectivity index (χ3n) is 3.82. The van der Waals surface area contributed by atoms with Crippen LogP contribution in [0.4, 0.5) is 10.1 Å². The molecule has 0 atom stereocenters. The lowest BCUT2D eigenvalue weighted by atomic mass is 10.1. The van der Waals surface area contributed by atoms with E-state index in [-0.39, 0.29) is 29.4 Å². The second-order valence-corrected chi connectivity index (χ2v) is 5.82. The highest BCUT2D eigenvalue weighted by molar-refractivity contribution is 5.80. The lowest BCUT2D eigenvalue weighted by molar-refractivity contribution is -0.386. The minimum Gasteiger partial charge on any atom is -0.454 e. The molecule has 0 aliphatic heterocycles. The Balaban J connectivity index is 1.75. The molecular formula is C17H19FN4O5. The molecule has 0 aliphatic carbocycles. The van der Waals surface area contributed by atoms with Crippen LogP contribution >= 0.6 is 0 Å². The van der Waals surface area contributed by atoms with E-state index in [1.54, 1.807) is 12.1 Å². The van der Waals surface area contributed by atoms with Gasteiger partial charge in [-0.05, 0) is 38.0 Å². The molecule has 0 saturated carbocycles. The highest BCUT2D eigenvalue weighted by Gasteiger charge is 2.23. The van der Waals surface area contributed by atoms with Crippen LogP contribution in [0.5, 0.6) is 0 Å². The molecule has 1 aromatic heterocycles. The molecule has 0 aliphatic rings. The molecule has 10 heteroatoms. The van der Waals surface area contributed by atoms with Gasteiger partial charge in [0.05, 0.1) is 4.92 Å². The average molecular weight is 378 g/mol. The summed E-state index contributed by atoms with van der Waals surface area (Å²) in [6.07, 6.45) is 0.509. The Morgan fingerprint density at radius 1 is 1.30 bits per heavy atom. The predicted octanol–water partition coefficient (Wildman–Crippen LogP) is 1.45. The molecule has 2 rings (SSSR count). The third kappa shape index (κ3) is 5.59. The number of nitro groups is 1. The van der Waals surface area contributed by atoms with E-state index in [1.165, 1.54) is 30.7 Å². The van der Waals surface area contributed by atoms with Crippen LogP contribution in [-0.2, 0) is 27.3 Å². The summed E-state index contributed by atoms with van der Waals surface area (Å²) in [5, 5.41) is 17.5. The molecule has 1 amide bonds. The fourth-order valence-corrected chi connectivity index (χ4v) is 2.47. The molecule has 0 spiro atoms. The number of aryl methyl sites for hydroxylation is 1. The van der Waals surface area contributed by atoms with Crippen LogP contribution < -0.4 is 5.32 Å². The summed E-state index contributed by atoms with van der Waals surface area (Å²) in [4.78, 5) is 33.9. The van der Waals surface area contributed by atoms with Crippen molar-refractivity contribution in [2.75, 3.05) is 13.2 Å². The van der Waals surface area contributed by atoms with Crippen molar-refractivity contribution in [1.29, 1.82) is 0 Å². The maximum atomic E-state index is 12.8. The van der Waals surface area contributed by atoms with Gasteiger partial charge in [0.1, 0.15) is 23.7 Å². The summed E-state index contributed by atoms with van der Waals surface area (Å²) in [5.74, 6) is -1.54. The number of hydrogen-bond donors (Lipinski definition) is 1. The Labute approximate surface area is 154 Å². The zero-order valence-corrected chi connectivity index (χ0v) is 14.9. The Hall–Kier alpha value is -3.30. The Morgan fingerprint density at radius 2 is 1.96 bits per heavy atom. The topological polar surface area (TPSA) is 116 Å². The number of hydrogen-bond acceptors (Lipinski definition) is 6. The number of nitrogens with one attached hydrogen (secondary N) is 1. The molecule has 0 saturated heterocycles. The van der Waals surface area contributed by atoms with E-state index >= 15 is 0 Å². The van der Waals surface area contributed by atoms with Gasteiger partial charge in [0, 0.05) is 6.54 Å². The maximum Gasteiger partial charge on any atom is 0.328 e. The van der Waals surface area contributed by atoms with Crippen molar-refractivity contribution in [3.8, 4) is 0 Å². The smallest absolute Gasteiger partial charge is 0.328 e. The first-order chi connectivity index (χ1) is 12.8. The second kappa shape index (κ2) is 8.88. The molecule has 1 aromatic carbocycles. The van der Waals surface area contributed by atoms with Crippen LogP contribution in [0.2, 0.25) is 0 Å². The summed E-state index contributed by atoms with van der Waals surface area (Å²) in [5.41, 5.74) is 1.14. The quantitative estimate of drug-likeness (QED) is 0.422. The van der Waals surface area contributed by atoms with Crippen molar-refractivity contribution in [2.45, 2.75) is 26.8 Å². The number of esters is 1. The second-order valence-electron chi connectivity index (χ2n) is 5.82. The minimum atomic E-state index is -0.732. The summed E-state index contributed by atoms with van der Waals surface area (Å²) in [6.45, 7) is 2.47. The van der Waals surface area contributed by atoms with Gasteiger partial charge in [-0.3, -0.25) is 24.4 Å². The standard InChI is InChI=1S/C17H19FN4O5/c1-11-17(22(25)26)12(2)21(20-11)9-16(24)27-10-15(23)19-8-7-13-3-5-14(18)6-4-13/h3-6H,7-10H2,1-2H3,(H,19,23). The van der Waals surface area contributed by atoms with Crippen molar-refractivity contribution in [2.24, 2.45) is 0 Å². The molecule has 1 N–H and O–H groups in total. The van der Waals surface area contributed by atoms with Crippen molar-refractivity contribution in [1.82, 2.24) is 15.1 Å². The average Bonchev–Trinajstić information content (AvgIpc) is 2.88. The summed E-state index contributed by atoms with van der Waals surface area (Å²) < 4.78 is 18.8. The first-order valence-corrected chi connectivity index (χ1v) is 8.13. The van der Waals surface area contributed by atoms with E-state index in [0.717, 1.165) is 5.56 Å². The molecular weight excluding hydrogens is 359 g/mol. The number of carbonyl (C=O) groups excluding carboxylic acids is 2. The lowest BCUT2D eigenvalue weighted by Crippen LogP contribution is -2.31. The monoisotopic (exact) mass is 378 g/mol. The SMILES string of the molecule is Cc1nn(CC(=O)OCC(=O)NCCc2ccc(F)cc2)c(C)c1[N+](=O)[O-]. The van der Waals surface area contributed by atoms with Crippen LogP contribution in [0, 0.1) is 29.8 Å². The van der Waals surface area contributed by atoms with Gasteiger partial charge >= 0.3 is 11.7 Å². The fourth-order valence-electron chi connectivity index (χ4n) is 2.47. The van der Waals surface area contributed by atoms with Crippen molar-refractivity contribution in [3.63, 3.8) is 0 Å². The molecule has 27 heavy (non-hydrogen) atoms. The van der Waals surface area contributed by atoms with Gasteiger partial charge in [0.25, 0.3) is 5.91 Å². The number of rotatable bonds is 8. The van der Waals surface area contributed by atoms with Crippen LogP contribution in [-0.4, -0.2) is 39.7 Å². The number of amides is 1. The minimum absolute atomic E-state index is 0.152. The zero-order chi connectivity index (χ0) is 20.0. The molecule has 144 valence electrons. The Morgan fingerprint density at radius 3 is 2.56 bits per heavy atom. The van der Waals surface area contributed by atoms with E-state index < -0.39 is 23.4 Å². The molecule has 0 unspecified atom stereocenters. The van der Waals surface area contributed by atoms with Crippen molar-refractivity contribution >= 4 is 17.6 Å². The Kier molecular flexibility index (Phi) is 6.58. The van der Waals surface area contributed by atoms with Gasteiger partial charge in [0.15, 0.2) is 6.61 Å². The number of nitrogens with zero attached hydrogens (tertiary/aromatic N) is 3. The van der Waals surface area contributed by atoms with Gasteiger partial charge in [-0.1, -0.05) is 12.1 Å². The third-order valence-corrected chi connectivity index (χ3v) is 3.82. The number of benzene rings is 1. The normalized spacial score (nSPS) is 10.5. The molecule has 0 fully saturated rings. The number of ether oxygens (including phenoxy) is 1. The van der Waals surface area contributed by atoms with Crippen LogP contribution in [0.15, 0.2) is 24.3 Å². The predicted molar refractivity (Wildman–Crippen MR) is 92.4 cm³/mol. The van der Waals surface area contributed by atoms with E-state index in [2.05, 4.69) is 10.4 Å². The summed E-state index contributed by atoms with van der Waals surface area (Å²) in [6, 6.07) is 5.91. The lowest BCUT2D eigenvalue weighted by Gasteiger charge is -2.07. The highest BCUT2D eigenvalue weighted by atomic mass is 19.1. The van der Waals surface area contributed by atoms with Gasteiger partial charge in [-0.25, -0.2) is 4.39 Å². The van der Waals surface area contributed by atoms with E-state index in [1.807, 2.05) is 0 Å². The van der Waals surface area contributed by atoms with E-state index in [9.17, 15) is 24.1 Å². The first-order valence-electron chi connectivity index (χ1n) is 8.13. The number of halogens is 1. The first kappa shape index (κ1) is 20.0. The molecule has 9 nitrogen and oxygen atoms in total. The molecule has 0 bridgehead atoms. The maximum absolute atomic E-state index is 12.8. The van der Waals surface area contributed by atoms with Gasteiger partial charge in [0.2, 0.25) is 0 Å². The number of aromatic nitrogens is 2. The van der Waals surface area contributed by atoms with E-state index in [0.29, 0.717) is 13.0 Å². The Bertz CT molecular complexity index is 848. The molecule has 1 heterocycles.